The lowest BCUT2D eigenvalue weighted by molar-refractivity contribution is 0.263. The van der Waals surface area contributed by atoms with Gasteiger partial charge in [-0.15, -0.1) is 0 Å². The van der Waals surface area contributed by atoms with Crippen molar-refractivity contribution in [3.05, 3.63) is 52.5 Å². The second-order valence-electron chi connectivity index (χ2n) is 5.91. The van der Waals surface area contributed by atoms with E-state index in [2.05, 4.69) is 58.1 Å². The lowest BCUT2D eigenvalue weighted by Gasteiger charge is -2.08. The van der Waals surface area contributed by atoms with Crippen molar-refractivity contribution >= 4 is 0 Å². The molecule has 0 aliphatic carbocycles. The second-order valence-corrected chi connectivity index (χ2v) is 5.91. The molecule has 3 heteroatoms. The van der Waals surface area contributed by atoms with Gasteiger partial charge < -0.3 is 14.5 Å². The average Bonchev–Trinajstić information content (AvgIpc) is 2.76. The SMILES string of the molecule is Cc1ccc(OCc2cc(C)c(CNC(C)C)o2)c(C)c1. The number of ether oxygens (including phenoxy) is 1. The molecule has 0 amide bonds. The zero-order valence-electron chi connectivity index (χ0n) is 13.6. The van der Waals surface area contributed by atoms with E-state index in [4.69, 9.17) is 9.15 Å². The first-order valence-corrected chi connectivity index (χ1v) is 7.47. The summed E-state index contributed by atoms with van der Waals surface area (Å²) in [5, 5.41) is 3.37. The Hall–Kier alpha value is -1.74. The third-order valence-electron chi connectivity index (χ3n) is 3.44. The van der Waals surface area contributed by atoms with Crippen LogP contribution in [-0.2, 0) is 13.2 Å². The van der Waals surface area contributed by atoms with E-state index in [9.17, 15) is 0 Å². The van der Waals surface area contributed by atoms with E-state index >= 15 is 0 Å². The van der Waals surface area contributed by atoms with Crippen molar-refractivity contribution in [3.63, 3.8) is 0 Å². The molecule has 0 radical (unpaired) electrons. The minimum atomic E-state index is 0.449. The standard InChI is InChI=1S/C18H25NO2/c1-12(2)19-10-18-15(5)9-16(21-18)11-20-17-7-6-13(3)8-14(17)4/h6-9,12,19H,10-11H2,1-5H3. The van der Waals surface area contributed by atoms with Gasteiger partial charge in [0.25, 0.3) is 0 Å². The van der Waals surface area contributed by atoms with Crippen LogP contribution in [0.4, 0.5) is 0 Å². The van der Waals surface area contributed by atoms with Crippen LogP contribution in [0, 0.1) is 20.8 Å². The predicted molar refractivity (Wildman–Crippen MR) is 85.7 cm³/mol. The van der Waals surface area contributed by atoms with Gasteiger partial charge in [0.15, 0.2) is 0 Å². The summed E-state index contributed by atoms with van der Waals surface area (Å²) in [6, 6.07) is 8.71. The summed E-state index contributed by atoms with van der Waals surface area (Å²) >= 11 is 0. The predicted octanol–water partition coefficient (Wildman–Crippen LogP) is 4.28. The normalized spacial score (nSPS) is 11.1. The topological polar surface area (TPSA) is 34.4 Å². The van der Waals surface area contributed by atoms with Crippen LogP contribution >= 0.6 is 0 Å². The number of nitrogens with one attached hydrogen (secondary N) is 1. The molecule has 0 unspecified atom stereocenters. The summed E-state index contributed by atoms with van der Waals surface area (Å²) < 4.78 is 11.7. The average molecular weight is 287 g/mol. The van der Waals surface area contributed by atoms with Crippen molar-refractivity contribution in [1.29, 1.82) is 0 Å². The summed E-state index contributed by atoms with van der Waals surface area (Å²) in [6.45, 7) is 11.7. The number of hydrogen-bond donors (Lipinski definition) is 1. The first-order valence-electron chi connectivity index (χ1n) is 7.47. The quantitative estimate of drug-likeness (QED) is 0.861. The van der Waals surface area contributed by atoms with E-state index in [-0.39, 0.29) is 0 Å². The van der Waals surface area contributed by atoms with E-state index in [0.717, 1.165) is 29.4 Å². The Morgan fingerprint density at radius 2 is 1.86 bits per heavy atom. The zero-order chi connectivity index (χ0) is 15.4. The van der Waals surface area contributed by atoms with Crippen LogP contribution in [-0.4, -0.2) is 6.04 Å². The number of rotatable bonds is 6. The van der Waals surface area contributed by atoms with Gasteiger partial charge in [-0.3, -0.25) is 0 Å². The lowest BCUT2D eigenvalue weighted by Crippen LogP contribution is -2.21. The summed E-state index contributed by atoms with van der Waals surface area (Å²) in [5.74, 6) is 2.77. The molecule has 1 N–H and O–H groups in total. The van der Waals surface area contributed by atoms with Gasteiger partial charge in [-0.1, -0.05) is 31.5 Å². The highest BCUT2D eigenvalue weighted by Gasteiger charge is 2.09. The molecule has 0 atom stereocenters. The molecule has 1 heterocycles. The molecular formula is C18H25NO2. The third kappa shape index (κ3) is 4.36. The summed E-state index contributed by atoms with van der Waals surface area (Å²) in [4.78, 5) is 0. The summed E-state index contributed by atoms with van der Waals surface area (Å²) in [7, 11) is 0. The van der Waals surface area contributed by atoms with Gasteiger partial charge in [0.1, 0.15) is 23.9 Å². The molecule has 2 aromatic rings. The minimum Gasteiger partial charge on any atom is -0.485 e. The van der Waals surface area contributed by atoms with E-state index in [1.165, 1.54) is 11.1 Å². The first kappa shape index (κ1) is 15.6. The maximum absolute atomic E-state index is 5.86. The van der Waals surface area contributed by atoms with Gasteiger partial charge in [0.05, 0.1) is 6.54 Å². The Labute approximate surface area is 127 Å². The number of furan rings is 1. The molecule has 1 aromatic heterocycles. The van der Waals surface area contributed by atoms with Gasteiger partial charge in [-0.05, 0) is 44.0 Å². The molecule has 0 fully saturated rings. The van der Waals surface area contributed by atoms with Crippen LogP contribution in [0.5, 0.6) is 5.75 Å². The smallest absolute Gasteiger partial charge is 0.146 e. The molecule has 0 aliphatic heterocycles. The number of hydrogen-bond acceptors (Lipinski definition) is 3. The van der Waals surface area contributed by atoms with Gasteiger partial charge in [-0.25, -0.2) is 0 Å². The highest BCUT2D eigenvalue weighted by Crippen LogP contribution is 2.21. The van der Waals surface area contributed by atoms with Gasteiger partial charge in [-0.2, -0.15) is 0 Å². The Morgan fingerprint density at radius 1 is 1.10 bits per heavy atom. The van der Waals surface area contributed by atoms with Gasteiger partial charge in [0, 0.05) is 6.04 Å². The fourth-order valence-corrected chi connectivity index (χ4v) is 2.24. The van der Waals surface area contributed by atoms with Crippen LogP contribution in [0.15, 0.2) is 28.7 Å². The molecule has 0 aliphatic rings. The Morgan fingerprint density at radius 3 is 2.52 bits per heavy atom. The fourth-order valence-electron chi connectivity index (χ4n) is 2.24. The van der Waals surface area contributed by atoms with Gasteiger partial charge in [0.2, 0.25) is 0 Å². The van der Waals surface area contributed by atoms with E-state index in [0.29, 0.717) is 12.6 Å². The molecule has 0 bridgehead atoms. The molecule has 3 nitrogen and oxygen atoms in total. The van der Waals surface area contributed by atoms with Crippen molar-refractivity contribution < 1.29 is 9.15 Å². The van der Waals surface area contributed by atoms with Crippen LogP contribution < -0.4 is 10.1 Å². The van der Waals surface area contributed by atoms with Crippen molar-refractivity contribution in [2.24, 2.45) is 0 Å². The molecule has 0 saturated heterocycles. The zero-order valence-corrected chi connectivity index (χ0v) is 13.6. The number of benzene rings is 1. The molecular weight excluding hydrogens is 262 g/mol. The van der Waals surface area contributed by atoms with Crippen molar-refractivity contribution in [3.8, 4) is 5.75 Å². The first-order chi connectivity index (χ1) is 9.95. The van der Waals surface area contributed by atoms with E-state index < -0.39 is 0 Å². The van der Waals surface area contributed by atoms with Crippen molar-refractivity contribution in [2.45, 2.75) is 53.8 Å². The lowest BCUT2D eigenvalue weighted by atomic mass is 10.1. The van der Waals surface area contributed by atoms with Crippen molar-refractivity contribution in [2.75, 3.05) is 0 Å². The Kier molecular flexibility index (Phi) is 5.07. The monoisotopic (exact) mass is 287 g/mol. The summed E-state index contributed by atoms with van der Waals surface area (Å²) in [6.07, 6.45) is 0. The Bertz CT molecular complexity index is 599. The molecule has 2 rings (SSSR count). The van der Waals surface area contributed by atoms with Crippen molar-refractivity contribution in [1.82, 2.24) is 5.32 Å². The maximum atomic E-state index is 5.86. The molecule has 0 spiro atoms. The van der Waals surface area contributed by atoms with Gasteiger partial charge >= 0.3 is 0 Å². The Balaban J connectivity index is 1.98. The molecule has 1 aromatic carbocycles. The fraction of sp³-hybridized carbons (Fsp3) is 0.444. The molecule has 21 heavy (non-hydrogen) atoms. The van der Waals surface area contributed by atoms with Crippen LogP contribution in [0.25, 0.3) is 0 Å². The molecule has 114 valence electrons. The van der Waals surface area contributed by atoms with E-state index in [1.54, 1.807) is 0 Å². The summed E-state index contributed by atoms with van der Waals surface area (Å²) in [5.41, 5.74) is 3.57. The van der Waals surface area contributed by atoms with Crippen LogP contribution in [0.2, 0.25) is 0 Å². The van der Waals surface area contributed by atoms with Crippen LogP contribution in [0.3, 0.4) is 0 Å². The highest BCUT2D eigenvalue weighted by atomic mass is 16.5. The number of aryl methyl sites for hydroxylation is 3. The van der Waals surface area contributed by atoms with E-state index in [1.807, 2.05) is 6.07 Å². The molecule has 0 saturated carbocycles. The highest BCUT2D eigenvalue weighted by molar-refractivity contribution is 5.35. The van der Waals surface area contributed by atoms with Crippen LogP contribution in [0.1, 0.15) is 42.1 Å². The minimum absolute atomic E-state index is 0.449. The second kappa shape index (κ2) is 6.81. The third-order valence-corrected chi connectivity index (χ3v) is 3.44. The maximum Gasteiger partial charge on any atom is 0.146 e. The largest absolute Gasteiger partial charge is 0.485 e.